The molecule has 0 bridgehead atoms. The Morgan fingerprint density at radius 2 is 1.94 bits per heavy atom. The van der Waals surface area contributed by atoms with Gasteiger partial charge in [-0.3, -0.25) is 0 Å². The van der Waals surface area contributed by atoms with Crippen LogP contribution in [0.25, 0.3) is 0 Å². The van der Waals surface area contributed by atoms with Crippen LogP contribution < -0.4 is 5.32 Å². The fraction of sp³-hybridized carbons (Fsp3) is 0.714. The van der Waals surface area contributed by atoms with Crippen LogP contribution in [0.1, 0.15) is 44.4 Å². The van der Waals surface area contributed by atoms with Crippen LogP contribution in [-0.2, 0) is 12.0 Å². The van der Waals surface area contributed by atoms with Gasteiger partial charge in [-0.1, -0.05) is 34.6 Å². The van der Waals surface area contributed by atoms with E-state index >= 15 is 0 Å². The lowest BCUT2D eigenvalue weighted by atomic mass is 9.95. The summed E-state index contributed by atoms with van der Waals surface area (Å²) in [5.41, 5.74) is 0.236. The summed E-state index contributed by atoms with van der Waals surface area (Å²) in [6, 6.07) is 4.39. The molecule has 0 aliphatic carbocycles. The van der Waals surface area contributed by atoms with E-state index in [1.165, 1.54) is 9.75 Å². The molecule has 17 heavy (non-hydrogen) atoms. The molecule has 0 amide bonds. The van der Waals surface area contributed by atoms with Crippen LogP contribution in [0.3, 0.4) is 0 Å². The van der Waals surface area contributed by atoms with E-state index in [0.717, 1.165) is 6.54 Å². The first kappa shape index (κ1) is 14.7. The number of rotatable bonds is 5. The van der Waals surface area contributed by atoms with Crippen LogP contribution >= 0.6 is 11.3 Å². The van der Waals surface area contributed by atoms with E-state index in [9.17, 15) is 5.11 Å². The summed E-state index contributed by atoms with van der Waals surface area (Å²) in [6.45, 7) is 12.3. The number of thiophene rings is 1. The zero-order valence-corrected chi connectivity index (χ0v) is 12.4. The van der Waals surface area contributed by atoms with Crippen molar-refractivity contribution in [3.63, 3.8) is 0 Å². The Morgan fingerprint density at radius 1 is 1.29 bits per heavy atom. The van der Waals surface area contributed by atoms with Crippen molar-refractivity contribution in [3.05, 3.63) is 21.9 Å². The van der Waals surface area contributed by atoms with Crippen molar-refractivity contribution in [1.82, 2.24) is 5.32 Å². The van der Waals surface area contributed by atoms with Gasteiger partial charge in [-0.2, -0.15) is 0 Å². The normalized spacial score (nSPS) is 14.3. The van der Waals surface area contributed by atoms with Crippen molar-refractivity contribution in [1.29, 1.82) is 0 Å². The molecule has 0 aliphatic rings. The molecule has 3 heteroatoms. The van der Waals surface area contributed by atoms with Crippen molar-refractivity contribution < 1.29 is 5.11 Å². The molecule has 0 aliphatic heterocycles. The zero-order valence-electron chi connectivity index (χ0n) is 11.6. The summed E-state index contributed by atoms with van der Waals surface area (Å²) in [6.07, 6.45) is -0.253. The molecule has 1 atom stereocenters. The van der Waals surface area contributed by atoms with E-state index in [-0.39, 0.29) is 11.5 Å². The third kappa shape index (κ3) is 4.78. The minimum Gasteiger partial charge on any atom is -0.392 e. The van der Waals surface area contributed by atoms with Gasteiger partial charge in [0.05, 0.1) is 6.10 Å². The van der Waals surface area contributed by atoms with Crippen molar-refractivity contribution in [2.45, 2.75) is 52.7 Å². The lowest BCUT2D eigenvalue weighted by Gasteiger charge is -2.16. The molecule has 1 aromatic heterocycles. The summed E-state index contributed by atoms with van der Waals surface area (Å²) in [7, 11) is 0. The number of hydrogen-bond donors (Lipinski definition) is 2. The third-order valence-corrected chi connectivity index (χ3v) is 4.33. The van der Waals surface area contributed by atoms with Gasteiger partial charge in [-0.25, -0.2) is 0 Å². The molecule has 0 saturated heterocycles. The number of hydrogen-bond acceptors (Lipinski definition) is 3. The average molecular weight is 255 g/mol. The quantitative estimate of drug-likeness (QED) is 0.847. The predicted molar refractivity (Wildman–Crippen MR) is 75.6 cm³/mol. The highest BCUT2D eigenvalue weighted by molar-refractivity contribution is 7.12. The highest BCUT2D eigenvalue weighted by Crippen LogP contribution is 2.29. The fourth-order valence-electron chi connectivity index (χ4n) is 1.45. The Morgan fingerprint density at radius 3 is 2.41 bits per heavy atom. The van der Waals surface area contributed by atoms with Gasteiger partial charge in [-0.15, -0.1) is 11.3 Å². The maximum Gasteiger partial charge on any atom is 0.0687 e. The van der Waals surface area contributed by atoms with Gasteiger partial charge in [0.2, 0.25) is 0 Å². The largest absolute Gasteiger partial charge is 0.392 e. The van der Waals surface area contributed by atoms with Crippen LogP contribution in [0.4, 0.5) is 0 Å². The lowest BCUT2D eigenvalue weighted by Crippen LogP contribution is -2.29. The van der Waals surface area contributed by atoms with Crippen molar-refractivity contribution in [2.75, 3.05) is 6.54 Å². The molecule has 2 N–H and O–H groups in total. The Kier molecular flexibility index (Phi) is 5.17. The first-order chi connectivity index (χ1) is 7.80. The summed E-state index contributed by atoms with van der Waals surface area (Å²) in [5, 5.41) is 13.0. The maximum absolute atomic E-state index is 9.68. The van der Waals surface area contributed by atoms with Crippen LogP contribution in [0, 0.1) is 5.92 Å². The van der Waals surface area contributed by atoms with Crippen molar-refractivity contribution >= 4 is 11.3 Å². The van der Waals surface area contributed by atoms with Gasteiger partial charge in [0, 0.05) is 22.8 Å². The molecule has 0 aromatic carbocycles. The lowest BCUT2D eigenvalue weighted by molar-refractivity contribution is 0.123. The summed E-state index contributed by atoms with van der Waals surface area (Å²) in [4.78, 5) is 2.75. The van der Waals surface area contributed by atoms with Gasteiger partial charge in [0.1, 0.15) is 0 Å². The summed E-state index contributed by atoms with van der Waals surface area (Å²) in [5.74, 6) is 0.316. The molecule has 1 heterocycles. The second-order valence-electron chi connectivity index (χ2n) is 5.96. The number of aliphatic hydroxyl groups is 1. The number of nitrogens with one attached hydrogen (secondary N) is 1. The zero-order chi connectivity index (χ0) is 13.1. The highest BCUT2D eigenvalue weighted by Gasteiger charge is 2.16. The Bertz CT molecular complexity index is 338. The average Bonchev–Trinajstić information content (AvgIpc) is 2.65. The molecule has 2 nitrogen and oxygen atoms in total. The first-order valence-electron chi connectivity index (χ1n) is 6.28. The monoisotopic (exact) mass is 255 g/mol. The van der Waals surface area contributed by atoms with E-state index in [1.807, 2.05) is 25.2 Å². The van der Waals surface area contributed by atoms with Crippen LogP contribution in [-0.4, -0.2) is 17.8 Å². The van der Waals surface area contributed by atoms with Crippen molar-refractivity contribution in [3.8, 4) is 0 Å². The van der Waals surface area contributed by atoms with Crippen LogP contribution in [0.5, 0.6) is 0 Å². The van der Waals surface area contributed by atoms with Gasteiger partial charge in [-0.05, 0) is 23.5 Å². The Hall–Kier alpha value is -0.380. The number of aliphatic hydroxyl groups excluding tert-OH is 1. The minimum absolute atomic E-state index is 0.236. The predicted octanol–water partition coefficient (Wildman–Crippen LogP) is 3.15. The fourth-order valence-corrected chi connectivity index (χ4v) is 2.49. The summed E-state index contributed by atoms with van der Waals surface area (Å²) < 4.78 is 0. The smallest absolute Gasteiger partial charge is 0.0687 e. The summed E-state index contributed by atoms with van der Waals surface area (Å²) >= 11 is 1.86. The second kappa shape index (κ2) is 5.98. The van der Waals surface area contributed by atoms with E-state index in [4.69, 9.17) is 0 Å². The molecule has 0 fully saturated rings. The van der Waals surface area contributed by atoms with E-state index in [0.29, 0.717) is 12.5 Å². The molecule has 0 saturated carbocycles. The molecule has 0 radical (unpaired) electrons. The molecule has 0 spiro atoms. The molecular formula is C14H25NOS. The molecule has 1 rings (SSSR count). The van der Waals surface area contributed by atoms with Gasteiger partial charge in [0.15, 0.2) is 0 Å². The minimum atomic E-state index is -0.253. The molecular weight excluding hydrogens is 230 g/mol. The van der Waals surface area contributed by atoms with Crippen LogP contribution in [0.15, 0.2) is 12.1 Å². The van der Waals surface area contributed by atoms with Gasteiger partial charge in [0.25, 0.3) is 0 Å². The molecule has 98 valence electrons. The van der Waals surface area contributed by atoms with Crippen LogP contribution in [0.2, 0.25) is 0 Å². The van der Waals surface area contributed by atoms with E-state index < -0.39 is 0 Å². The topological polar surface area (TPSA) is 32.3 Å². The second-order valence-corrected chi connectivity index (χ2v) is 7.13. The Balaban J connectivity index is 2.41. The SMILES string of the molecule is CC(C)C(O)CNCc1ccc(C(C)(C)C)s1. The van der Waals surface area contributed by atoms with Crippen molar-refractivity contribution in [2.24, 2.45) is 5.92 Å². The van der Waals surface area contributed by atoms with E-state index in [1.54, 1.807) is 0 Å². The van der Waals surface area contributed by atoms with E-state index in [2.05, 4.69) is 38.2 Å². The van der Waals surface area contributed by atoms with Gasteiger partial charge >= 0.3 is 0 Å². The first-order valence-corrected chi connectivity index (χ1v) is 7.10. The highest BCUT2D eigenvalue weighted by atomic mass is 32.1. The Labute approximate surface area is 109 Å². The van der Waals surface area contributed by atoms with Gasteiger partial charge < -0.3 is 10.4 Å². The molecule has 1 unspecified atom stereocenters. The standard InChI is InChI=1S/C14H25NOS/c1-10(2)12(16)9-15-8-11-6-7-13(17-11)14(3,4)5/h6-7,10,12,15-16H,8-9H2,1-5H3. The third-order valence-electron chi connectivity index (χ3n) is 2.82. The maximum atomic E-state index is 9.68. The molecule has 1 aromatic rings.